The lowest BCUT2D eigenvalue weighted by Gasteiger charge is -2.29. The molecule has 0 unspecified atom stereocenters. The van der Waals surface area contributed by atoms with Gasteiger partial charge in [-0.05, 0) is 44.5 Å². The number of amides is 3. The fourth-order valence-electron chi connectivity index (χ4n) is 3.49. The van der Waals surface area contributed by atoms with Crippen LogP contribution in [-0.4, -0.2) is 39.9 Å². The molecule has 1 aliphatic heterocycles. The summed E-state index contributed by atoms with van der Waals surface area (Å²) >= 11 is 8.45. The Balaban J connectivity index is 1.40. The van der Waals surface area contributed by atoms with Crippen LogP contribution in [0.3, 0.4) is 0 Å². The molecule has 3 amide bonds. The molecule has 0 spiro atoms. The molecule has 0 saturated carbocycles. The van der Waals surface area contributed by atoms with Gasteiger partial charge < -0.3 is 15.0 Å². The number of nitrogens with one attached hydrogen (secondary N) is 2. The summed E-state index contributed by atoms with van der Waals surface area (Å²) in [6, 6.07) is 10.4. The summed E-state index contributed by atoms with van der Waals surface area (Å²) in [4.78, 5) is 45.4. The van der Waals surface area contributed by atoms with E-state index in [2.05, 4.69) is 15.6 Å². The number of hydrogen-bond acceptors (Lipinski definition) is 7. The van der Waals surface area contributed by atoms with E-state index in [1.54, 1.807) is 35.2 Å². The summed E-state index contributed by atoms with van der Waals surface area (Å²) in [5.74, 6) is -0.566. The van der Waals surface area contributed by atoms with Gasteiger partial charge in [-0.1, -0.05) is 41.1 Å². The highest BCUT2D eigenvalue weighted by Crippen LogP contribution is 2.29. The predicted molar refractivity (Wildman–Crippen MR) is 137 cm³/mol. The third-order valence-corrected chi connectivity index (χ3v) is 7.33. The first-order chi connectivity index (χ1) is 16.6. The van der Waals surface area contributed by atoms with Crippen LogP contribution in [-0.2, 0) is 24.2 Å². The van der Waals surface area contributed by atoms with Gasteiger partial charge in [0.1, 0.15) is 5.60 Å². The van der Waals surface area contributed by atoms with Crippen molar-refractivity contribution in [2.45, 2.75) is 45.9 Å². The first kappa shape index (κ1) is 25.2. The SMILES string of the molecule is CC(C)(C)OC(=O)N1CCc2nc(NC(=O)c3ccccc3CNC(=O)c3ccc(Cl)s3)sc2C1. The molecule has 0 saturated heterocycles. The maximum absolute atomic E-state index is 13.0. The van der Waals surface area contributed by atoms with Gasteiger partial charge in [-0.3, -0.25) is 14.9 Å². The van der Waals surface area contributed by atoms with Crippen molar-refractivity contribution in [1.29, 1.82) is 0 Å². The number of carbonyl (C=O) groups is 3. The first-order valence-electron chi connectivity index (χ1n) is 11.0. The number of thiophene rings is 1. The minimum Gasteiger partial charge on any atom is -0.444 e. The number of carbonyl (C=O) groups excluding carboxylic acids is 3. The number of anilines is 1. The molecule has 1 aromatic carbocycles. The van der Waals surface area contributed by atoms with Crippen LogP contribution in [0.1, 0.15) is 56.9 Å². The summed E-state index contributed by atoms with van der Waals surface area (Å²) in [6.07, 6.45) is 0.235. The molecule has 4 rings (SSSR count). The number of fused-ring (bicyclic) bond motifs is 1. The second-order valence-electron chi connectivity index (χ2n) is 8.94. The molecule has 0 aliphatic carbocycles. The molecule has 2 N–H and O–H groups in total. The van der Waals surface area contributed by atoms with E-state index < -0.39 is 5.60 Å². The molecule has 2 aromatic heterocycles. The zero-order valence-corrected chi connectivity index (χ0v) is 21.9. The molecule has 35 heavy (non-hydrogen) atoms. The van der Waals surface area contributed by atoms with E-state index in [0.29, 0.717) is 45.0 Å². The lowest BCUT2D eigenvalue weighted by atomic mass is 10.1. The average Bonchev–Trinajstić information content (AvgIpc) is 3.41. The van der Waals surface area contributed by atoms with Gasteiger partial charge in [-0.15, -0.1) is 11.3 Å². The smallest absolute Gasteiger partial charge is 0.410 e. The van der Waals surface area contributed by atoms with Crippen molar-refractivity contribution in [3.63, 3.8) is 0 Å². The Bertz CT molecular complexity index is 1260. The molecule has 8 nitrogen and oxygen atoms in total. The molecule has 184 valence electrons. The highest BCUT2D eigenvalue weighted by atomic mass is 35.5. The summed E-state index contributed by atoms with van der Waals surface area (Å²) < 4.78 is 6.01. The second kappa shape index (κ2) is 10.3. The Morgan fingerprint density at radius 3 is 2.60 bits per heavy atom. The zero-order valence-electron chi connectivity index (χ0n) is 19.5. The average molecular weight is 533 g/mol. The van der Waals surface area contributed by atoms with Crippen LogP contribution in [0.25, 0.3) is 0 Å². The Morgan fingerprint density at radius 2 is 1.89 bits per heavy atom. The fourth-order valence-corrected chi connectivity index (χ4v) is 5.47. The van der Waals surface area contributed by atoms with Crippen LogP contribution in [0, 0.1) is 0 Å². The number of hydrogen-bond donors (Lipinski definition) is 2. The maximum Gasteiger partial charge on any atom is 0.410 e. The van der Waals surface area contributed by atoms with Crippen LogP contribution in [0.5, 0.6) is 0 Å². The van der Waals surface area contributed by atoms with Crippen LogP contribution in [0.4, 0.5) is 9.93 Å². The Labute approximate surface area is 216 Å². The van der Waals surface area contributed by atoms with Gasteiger partial charge >= 0.3 is 6.09 Å². The number of benzene rings is 1. The number of nitrogens with zero attached hydrogens (tertiary/aromatic N) is 2. The van der Waals surface area contributed by atoms with E-state index in [9.17, 15) is 14.4 Å². The van der Waals surface area contributed by atoms with Crippen molar-refractivity contribution in [1.82, 2.24) is 15.2 Å². The van der Waals surface area contributed by atoms with Crippen molar-refractivity contribution >= 4 is 57.3 Å². The van der Waals surface area contributed by atoms with Crippen molar-refractivity contribution in [3.05, 3.63) is 67.3 Å². The number of halogens is 1. The highest BCUT2D eigenvalue weighted by Gasteiger charge is 2.28. The van der Waals surface area contributed by atoms with Crippen LogP contribution >= 0.6 is 34.3 Å². The van der Waals surface area contributed by atoms with Crippen LogP contribution in [0.15, 0.2) is 36.4 Å². The number of rotatable bonds is 5. The van der Waals surface area contributed by atoms with E-state index in [0.717, 1.165) is 10.6 Å². The fraction of sp³-hybridized carbons (Fsp3) is 0.333. The third-order valence-electron chi connectivity index (χ3n) is 5.10. The number of thiazole rings is 1. The van der Waals surface area contributed by atoms with Gasteiger partial charge in [-0.2, -0.15) is 0 Å². The first-order valence-corrected chi connectivity index (χ1v) is 13.0. The molecule has 0 bridgehead atoms. The van der Waals surface area contributed by atoms with Crippen molar-refractivity contribution in [2.75, 3.05) is 11.9 Å². The van der Waals surface area contributed by atoms with E-state index in [4.69, 9.17) is 16.3 Å². The molecular weight excluding hydrogens is 508 g/mol. The summed E-state index contributed by atoms with van der Waals surface area (Å²) in [5.41, 5.74) is 1.44. The molecular formula is C24H25ClN4O4S2. The lowest BCUT2D eigenvalue weighted by Crippen LogP contribution is -2.39. The van der Waals surface area contributed by atoms with Crippen LogP contribution < -0.4 is 10.6 Å². The van der Waals surface area contributed by atoms with Gasteiger partial charge in [0.2, 0.25) is 0 Å². The molecule has 1 aliphatic rings. The monoisotopic (exact) mass is 532 g/mol. The van der Waals surface area contributed by atoms with Crippen molar-refractivity contribution in [2.24, 2.45) is 0 Å². The van der Waals surface area contributed by atoms with E-state index in [-0.39, 0.29) is 24.5 Å². The minimum atomic E-state index is -0.562. The molecule has 11 heteroatoms. The zero-order chi connectivity index (χ0) is 25.2. The van der Waals surface area contributed by atoms with Crippen molar-refractivity contribution < 1.29 is 19.1 Å². The van der Waals surface area contributed by atoms with Crippen LogP contribution in [0.2, 0.25) is 4.34 Å². The van der Waals surface area contributed by atoms with Gasteiger partial charge in [0.05, 0.1) is 21.5 Å². The van der Waals surface area contributed by atoms with Gasteiger partial charge in [0, 0.05) is 30.0 Å². The topological polar surface area (TPSA) is 101 Å². The Morgan fingerprint density at radius 1 is 1.11 bits per heavy atom. The summed E-state index contributed by atoms with van der Waals surface area (Å²) in [5, 5.41) is 6.17. The molecule has 3 heterocycles. The molecule has 3 aromatic rings. The Kier molecular flexibility index (Phi) is 7.44. The molecule has 0 fully saturated rings. The Hall–Kier alpha value is -2.95. The van der Waals surface area contributed by atoms with Gasteiger partial charge in [-0.25, -0.2) is 9.78 Å². The normalized spacial score (nSPS) is 13.2. The highest BCUT2D eigenvalue weighted by molar-refractivity contribution is 7.18. The lowest BCUT2D eigenvalue weighted by molar-refractivity contribution is 0.0225. The predicted octanol–water partition coefficient (Wildman–Crippen LogP) is 5.33. The van der Waals surface area contributed by atoms with Gasteiger partial charge in [0.25, 0.3) is 11.8 Å². The maximum atomic E-state index is 13.0. The van der Waals surface area contributed by atoms with E-state index >= 15 is 0 Å². The summed E-state index contributed by atoms with van der Waals surface area (Å²) in [7, 11) is 0. The standard InChI is InChI=1S/C24H25ClN4O4S2/c1-24(2,3)33-23(32)29-11-10-16-18(13-29)35-22(27-16)28-20(30)15-7-5-4-6-14(15)12-26-21(31)17-8-9-19(25)34-17/h4-9H,10-13H2,1-3H3,(H,26,31)(H,27,28,30). The number of aromatic nitrogens is 1. The molecule has 0 atom stereocenters. The quantitative estimate of drug-likeness (QED) is 0.462. The van der Waals surface area contributed by atoms with Gasteiger partial charge in [0.15, 0.2) is 5.13 Å². The summed E-state index contributed by atoms with van der Waals surface area (Å²) in [6.45, 7) is 6.60. The minimum absolute atomic E-state index is 0.192. The van der Waals surface area contributed by atoms with Crippen molar-refractivity contribution in [3.8, 4) is 0 Å². The largest absolute Gasteiger partial charge is 0.444 e. The third kappa shape index (κ3) is 6.39. The molecule has 0 radical (unpaired) electrons. The van der Waals surface area contributed by atoms with E-state index in [1.165, 1.54) is 22.7 Å². The second-order valence-corrected chi connectivity index (χ2v) is 11.7. The number of ether oxygens (including phenoxy) is 1. The van der Waals surface area contributed by atoms with E-state index in [1.807, 2.05) is 26.8 Å².